The lowest BCUT2D eigenvalue weighted by molar-refractivity contribution is -0.117. The maximum atomic E-state index is 13.1. The van der Waals surface area contributed by atoms with Crippen LogP contribution in [0, 0.1) is 17.5 Å². The Kier molecular flexibility index (Phi) is 4.31. The molecule has 0 aromatic heterocycles. The highest BCUT2D eigenvalue weighted by atomic mass is 19.2. The van der Waals surface area contributed by atoms with Gasteiger partial charge in [0.25, 0.3) is 0 Å². The molecule has 120 valence electrons. The first-order chi connectivity index (χ1) is 11.0. The molecule has 0 saturated carbocycles. The van der Waals surface area contributed by atoms with Crippen LogP contribution in [0.3, 0.4) is 0 Å². The maximum Gasteiger partial charge on any atom is 0.242 e. The average Bonchev–Trinajstić information content (AvgIpc) is 3.02. The zero-order valence-corrected chi connectivity index (χ0v) is 11.9. The van der Waals surface area contributed by atoms with Gasteiger partial charge in [0.15, 0.2) is 11.6 Å². The third-order valence-electron chi connectivity index (χ3n) is 3.68. The van der Waals surface area contributed by atoms with Crippen molar-refractivity contribution in [1.82, 2.24) is 10.9 Å². The number of carbonyl (C=O) groups is 1. The van der Waals surface area contributed by atoms with Crippen molar-refractivity contribution < 1.29 is 18.0 Å². The van der Waals surface area contributed by atoms with E-state index >= 15 is 0 Å². The fraction of sp³-hybridized carbons (Fsp3) is 0.188. The van der Waals surface area contributed by atoms with Gasteiger partial charge in [-0.2, -0.15) is 0 Å². The van der Waals surface area contributed by atoms with Gasteiger partial charge < -0.3 is 5.32 Å². The summed E-state index contributed by atoms with van der Waals surface area (Å²) in [5.74, 6) is -2.69. The summed E-state index contributed by atoms with van der Waals surface area (Å²) in [6, 6.07) is 8.47. The molecule has 1 aliphatic rings. The van der Waals surface area contributed by atoms with Gasteiger partial charge in [0.05, 0.1) is 0 Å². The third kappa shape index (κ3) is 3.52. The van der Waals surface area contributed by atoms with Gasteiger partial charge in [-0.15, -0.1) is 0 Å². The molecule has 1 amide bonds. The highest BCUT2D eigenvalue weighted by Crippen LogP contribution is 2.23. The fourth-order valence-corrected chi connectivity index (χ4v) is 2.45. The van der Waals surface area contributed by atoms with E-state index in [2.05, 4.69) is 16.2 Å². The Morgan fingerprint density at radius 3 is 2.43 bits per heavy atom. The normalized spacial score (nSPS) is 20.5. The molecule has 2 aromatic rings. The monoisotopic (exact) mass is 321 g/mol. The van der Waals surface area contributed by atoms with Crippen molar-refractivity contribution in [2.75, 3.05) is 5.32 Å². The Bertz CT molecular complexity index is 721. The molecule has 0 bridgehead atoms. The number of carbonyl (C=O) groups excluding carboxylic acids is 1. The number of hydrogen-bond acceptors (Lipinski definition) is 3. The number of halogens is 3. The molecule has 0 radical (unpaired) electrons. The molecule has 2 aromatic carbocycles. The summed E-state index contributed by atoms with van der Waals surface area (Å²) >= 11 is 0. The smallest absolute Gasteiger partial charge is 0.242 e. The van der Waals surface area contributed by atoms with Crippen molar-refractivity contribution in [3.63, 3.8) is 0 Å². The summed E-state index contributed by atoms with van der Waals surface area (Å²) in [5, 5.41) is 2.52. The summed E-state index contributed by atoms with van der Waals surface area (Å²) in [4.78, 5) is 12.2. The minimum atomic E-state index is -1.02. The largest absolute Gasteiger partial charge is 0.325 e. The van der Waals surface area contributed by atoms with E-state index in [-0.39, 0.29) is 23.5 Å². The Morgan fingerprint density at radius 1 is 1.00 bits per heavy atom. The van der Waals surface area contributed by atoms with Crippen LogP contribution in [0.1, 0.15) is 18.0 Å². The first kappa shape index (κ1) is 15.5. The average molecular weight is 321 g/mol. The van der Waals surface area contributed by atoms with Gasteiger partial charge in [-0.3, -0.25) is 4.79 Å². The summed E-state index contributed by atoms with van der Waals surface area (Å²) in [6.07, 6.45) is 0.446. The predicted molar refractivity (Wildman–Crippen MR) is 78.8 cm³/mol. The van der Waals surface area contributed by atoms with Crippen LogP contribution < -0.4 is 16.2 Å². The molecule has 1 fully saturated rings. The summed E-state index contributed by atoms with van der Waals surface area (Å²) in [7, 11) is 0. The number of anilines is 1. The van der Waals surface area contributed by atoms with Crippen molar-refractivity contribution in [2.45, 2.75) is 18.5 Å². The molecule has 23 heavy (non-hydrogen) atoms. The molecule has 1 saturated heterocycles. The van der Waals surface area contributed by atoms with E-state index in [0.717, 1.165) is 17.7 Å². The zero-order chi connectivity index (χ0) is 16.4. The van der Waals surface area contributed by atoms with Gasteiger partial charge in [0.2, 0.25) is 5.91 Å². The van der Waals surface area contributed by atoms with Crippen LogP contribution in [0.25, 0.3) is 0 Å². The second kappa shape index (κ2) is 6.39. The molecule has 2 atom stereocenters. The topological polar surface area (TPSA) is 53.2 Å². The molecule has 3 rings (SSSR count). The Morgan fingerprint density at radius 2 is 1.74 bits per heavy atom. The molecule has 1 aliphatic heterocycles. The van der Waals surface area contributed by atoms with Gasteiger partial charge in [-0.1, -0.05) is 12.1 Å². The predicted octanol–water partition coefficient (Wildman–Crippen LogP) is 2.65. The van der Waals surface area contributed by atoms with Crippen molar-refractivity contribution in [2.24, 2.45) is 0 Å². The Labute approximate surface area is 130 Å². The van der Waals surface area contributed by atoms with E-state index in [1.54, 1.807) is 12.1 Å². The van der Waals surface area contributed by atoms with Crippen LogP contribution in [0.4, 0.5) is 18.9 Å². The molecular formula is C16H14F3N3O. The van der Waals surface area contributed by atoms with Gasteiger partial charge in [0, 0.05) is 17.8 Å². The Balaban J connectivity index is 1.63. The molecular weight excluding hydrogens is 307 g/mol. The van der Waals surface area contributed by atoms with Gasteiger partial charge in [0.1, 0.15) is 11.9 Å². The van der Waals surface area contributed by atoms with Gasteiger partial charge in [-0.05, 0) is 36.2 Å². The number of benzene rings is 2. The first-order valence-electron chi connectivity index (χ1n) is 7.05. The molecule has 2 unspecified atom stereocenters. The number of hydrogen-bond donors (Lipinski definition) is 3. The van der Waals surface area contributed by atoms with Gasteiger partial charge >= 0.3 is 0 Å². The molecule has 7 heteroatoms. The van der Waals surface area contributed by atoms with E-state index in [0.29, 0.717) is 6.42 Å². The molecule has 4 nitrogen and oxygen atoms in total. The second-order valence-electron chi connectivity index (χ2n) is 5.30. The highest BCUT2D eigenvalue weighted by molar-refractivity contribution is 5.95. The molecule has 0 aliphatic carbocycles. The fourth-order valence-electron chi connectivity index (χ4n) is 2.45. The molecule has 1 heterocycles. The number of rotatable bonds is 3. The minimum Gasteiger partial charge on any atom is -0.325 e. The zero-order valence-electron chi connectivity index (χ0n) is 11.9. The Hall–Kier alpha value is -2.38. The van der Waals surface area contributed by atoms with Crippen LogP contribution in [0.2, 0.25) is 0 Å². The lowest BCUT2D eigenvalue weighted by atomic mass is 10.0. The van der Waals surface area contributed by atoms with Crippen LogP contribution in [0.15, 0.2) is 42.5 Å². The van der Waals surface area contributed by atoms with E-state index in [1.807, 2.05) is 0 Å². The first-order valence-corrected chi connectivity index (χ1v) is 7.05. The highest BCUT2D eigenvalue weighted by Gasteiger charge is 2.30. The van der Waals surface area contributed by atoms with E-state index in [4.69, 9.17) is 0 Å². The number of nitrogens with one attached hydrogen (secondary N) is 3. The minimum absolute atomic E-state index is 0.142. The van der Waals surface area contributed by atoms with Crippen LogP contribution in [-0.4, -0.2) is 11.9 Å². The van der Waals surface area contributed by atoms with Crippen molar-refractivity contribution in [3.05, 3.63) is 65.5 Å². The summed E-state index contributed by atoms with van der Waals surface area (Å²) in [6.45, 7) is 0. The lowest BCUT2D eigenvalue weighted by Crippen LogP contribution is -2.39. The quantitative estimate of drug-likeness (QED) is 0.815. The van der Waals surface area contributed by atoms with Crippen molar-refractivity contribution in [1.29, 1.82) is 0 Å². The SMILES string of the molecule is O=C(Nc1ccc(F)c(F)c1)C1CC(c2ccc(F)cc2)NN1. The van der Waals surface area contributed by atoms with Crippen molar-refractivity contribution >= 4 is 11.6 Å². The van der Waals surface area contributed by atoms with Gasteiger partial charge in [-0.25, -0.2) is 24.0 Å². The van der Waals surface area contributed by atoms with Crippen LogP contribution >= 0.6 is 0 Å². The van der Waals surface area contributed by atoms with E-state index < -0.39 is 17.7 Å². The molecule has 3 N–H and O–H groups in total. The summed E-state index contributed by atoms with van der Waals surface area (Å²) in [5.41, 5.74) is 6.83. The standard InChI is InChI=1S/C16H14F3N3O/c17-10-3-1-9(2-4-10)14-8-15(22-21-14)16(23)20-11-5-6-12(18)13(19)7-11/h1-7,14-15,21-22H,8H2,(H,20,23). The van der Waals surface area contributed by atoms with Crippen LogP contribution in [-0.2, 0) is 4.79 Å². The van der Waals surface area contributed by atoms with E-state index in [1.165, 1.54) is 18.2 Å². The summed E-state index contributed by atoms with van der Waals surface area (Å²) < 4.78 is 38.9. The molecule has 0 spiro atoms. The van der Waals surface area contributed by atoms with Crippen LogP contribution in [0.5, 0.6) is 0 Å². The maximum absolute atomic E-state index is 13.1. The number of hydrazine groups is 1. The van der Waals surface area contributed by atoms with E-state index in [9.17, 15) is 18.0 Å². The second-order valence-corrected chi connectivity index (χ2v) is 5.30. The lowest BCUT2D eigenvalue weighted by Gasteiger charge is -2.11. The number of amides is 1. The third-order valence-corrected chi connectivity index (χ3v) is 3.68. The van der Waals surface area contributed by atoms with Crippen molar-refractivity contribution in [3.8, 4) is 0 Å².